The van der Waals surface area contributed by atoms with Crippen molar-refractivity contribution < 1.29 is 9.59 Å². The van der Waals surface area contributed by atoms with Crippen LogP contribution in [0, 0.1) is 0 Å². The lowest BCUT2D eigenvalue weighted by Crippen LogP contribution is -2.26. The molecular weight excluding hydrogens is 298 g/mol. The summed E-state index contributed by atoms with van der Waals surface area (Å²) in [6.07, 6.45) is 4.70. The lowest BCUT2D eigenvalue weighted by Gasteiger charge is -2.06. The van der Waals surface area contributed by atoms with Crippen LogP contribution >= 0.6 is 0 Å². The molecule has 3 nitrogen and oxygen atoms in total. The maximum atomic E-state index is 12.3. The first-order valence-electron chi connectivity index (χ1n) is 8.68. The number of aryl methyl sites for hydroxylation is 2. The van der Waals surface area contributed by atoms with Gasteiger partial charge in [-0.15, -0.1) is 0 Å². The molecule has 0 atom stereocenters. The van der Waals surface area contributed by atoms with Crippen LogP contribution in [0.2, 0.25) is 0 Å². The second-order valence-electron chi connectivity index (χ2n) is 6.35. The van der Waals surface area contributed by atoms with Crippen LogP contribution < -0.4 is 5.32 Å². The Kier molecular flexibility index (Phi) is 5.42. The predicted molar refractivity (Wildman–Crippen MR) is 95.2 cm³/mol. The number of Topliss-reactive ketones (excluding diaryl/α,β-unsaturated/α-hetero) is 1. The van der Waals surface area contributed by atoms with Gasteiger partial charge in [-0.25, -0.2) is 0 Å². The van der Waals surface area contributed by atoms with Gasteiger partial charge in [0, 0.05) is 24.9 Å². The predicted octanol–water partition coefficient (Wildman–Crippen LogP) is 3.50. The maximum absolute atomic E-state index is 12.3. The maximum Gasteiger partial charge on any atom is 0.220 e. The van der Waals surface area contributed by atoms with Crippen molar-refractivity contribution in [2.75, 3.05) is 6.54 Å². The molecule has 2 aromatic carbocycles. The fraction of sp³-hybridized carbons (Fsp3) is 0.333. The van der Waals surface area contributed by atoms with Gasteiger partial charge in [0.25, 0.3) is 0 Å². The summed E-state index contributed by atoms with van der Waals surface area (Å²) < 4.78 is 0. The number of amides is 1. The highest BCUT2D eigenvalue weighted by Crippen LogP contribution is 2.23. The first kappa shape index (κ1) is 16.4. The topological polar surface area (TPSA) is 46.2 Å². The molecule has 1 aliphatic carbocycles. The van der Waals surface area contributed by atoms with Crippen molar-refractivity contribution in [2.45, 2.75) is 38.5 Å². The van der Waals surface area contributed by atoms with E-state index in [-0.39, 0.29) is 24.5 Å². The molecule has 0 fully saturated rings. The standard InChI is InChI=1S/C21H23NO2/c23-20(19-10-9-17-7-4-8-18(17)15-19)11-12-21(24)22-14-13-16-5-2-1-3-6-16/h1-3,5-6,9-10,15H,4,7-8,11-14H2,(H,22,24). The van der Waals surface area contributed by atoms with E-state index < -0.39 is 0 Å². The van der Waals surface area contributed by atoms with E-state index in [1.165, 1.54) is 23.1 Å². The molecule has 1 aliphatic rings. The molecule has 0 radical (unpaired) electrons. The molecule has 1 amide bonds. The summed E-state index contributed by atoms with van der Waals surface area (Å²) in [5, 5.41) is 2.89. The molecule has 0 unspecified atom stereocenters. The summed E-state index contributed by atoms with van der Waals surface area (Å²) in [4.78, 5) is 24.2. The molecule has 0 saturated carbocycles. The third-order valence-corrected chi connectivity index (χ3v) is 4.58. The average Bonchev–Trinajstić information content (AvgIpc) is 3.08. The fourth-order valence-corrected chi connectivity index (χ4v) is 3.20. The van der Waals surface area contributed by atoms with Crippen LogP contribution in [-0.4, -0.2) is 18.2 Å². The molecule has 0 saturated heterocycles. The van der Waals surface area contributed by atoms with Crippen molar-refractivity contribution >= 4 is 11.7 Å². The quantitative estimate of drug-likeness (QED) is 0.793. The summed E-state index contributed by atoms with van der Waals surface area (Å²) in [5.74, 6) is 0.00310. The van der Waals surface area contributed by atoms with Gasteiger partial charge in [-0.1, -0.05) is 42.5 Å². The van der Waals surface area contributed by atoms with E-state index >= 15 is 0 Å². The lowest BCUT2D eigenvalue weighted by molar-refractivity contribution is -0.121. The third-order valence-electron chi connectivity index (χ3n) is 4.58. The van der Waals surface area contributed by atoms with Crippen LogP contribution in [0.1, 0.15) is 46.3 Å². The number of carbonyl (C=O) groups is 2. The Hall–Kier alpha value is -2.42. The summed E-state index contributed by atoms with van der Waals surface area (Å²) in [5.41, 5.74) is 4.61. The Morgan fingerprint density at radius 1 is 0.917 bits per heavy atom. The number of hydrogen-bond acceptors (Lipinski definition) is 2. The lowest BCUT2D eigenvalue weighted by atomic mass is 10.0. The molecule has 0 aromatic heterocycles. The Morgan fingerprint density at radius 3 is 2.54 bits per heavy atom. The minimum Gasteiger partial charge on any atom is -0.356 e. The van der Waals surface area contributed by atoms with Crippen molar-refractivity contribution in [3.05, 3.63) is 70.8 Å². The summed E-state index contributed by atoms with van der Waals surface area (Å²) in [6.45, 7) is 0.607. The van der Waals surface area contributed by atoms with Gasteiger partial charge in [-0.05, 0) is 48.4 Å². The zero-order valence-electron chi connectivity index (χ0n) is 13.9. The van der Waals surface area contributed by atoms with Crippen molar-refractivity contribution in [2.24, 2.45) is 0 Å². The number of ketones is 1. The van der Waals surface area contributed by atoms with Crippen LogP contribution in [0.4, 0.5) is 0 Å². The largest absolute Gasteiger partial charge is 0.356 e. The van der Waals surface area contributed by atoms with Crippen molar-refractivity contribution in [3.8, 4) is 0 Å². The van der Waals surface area contributed by atoms with Gasteiger partial charge in [0.2, 0.25) is 5.91 Å². The molecule has 0 heterocycles. The van der Waals surface area contributed by atoms with Crippen LogP contribution in [0.15, 0.2) is 48.5 Å². The molecule has 1 N–H and O–H groups in total. The smallest absolute Gasteiger partial charge is 0.220 e. The van der Waals surface area contributed by atoms with Gasteiger partial charge in [0.05, 0.1) is 0 Å². The minimum absolute atomic E-state index is 0.0551. The highest BCUT2D eigenvalue weighted by molar-refractivity contribution is 5.98. The van der Waals surface area contributed by atoms with Crippen molar-refractivity contribution in [1.29, 1.82) is 0 Å². The summed E-state index contributed by atoms with van der Waals surface area (Å²) in [7, 11) is 0. The Labute approximate surface area is 143 Å². The van der Waals surface area contributed by atoms with Gasteiger partial charge >= 0.3 is 0 Å². The zero-order valence-corrected chi connectivity index (χ0v) is 13.9. The van der Waals surface area contributed by atoms with E-state index in [0.717, 1.165) is 24.8 Å². The van der Waals surface area contributed by atoms with E-state index in [9.17, 15) is 9.59 Å². The second kappa shape index (κ2) is 7.91. The van der Waals surface area contributed by atoms with Gasteiger partial charge in [-0.3, -0.25) is 9.59 Å². The Bertz CT molecular complexity index is 722. The number of rotatable bonds is 7. The van der Waals surface area contributed by atoms with Gasteiger partial charge in [0.1, 0.15) is 0 Å². The van der Waals surface area contributed by atoms with Crippen LogP contribution in [0.5, 0.6) is 0 Å². The fourth-order valence-electron chi connectivity index (χ4n) is 3.20. The molecule has 24 heavy (non-hydrogen) atoms. The molecule has 0 aliphatic heterocycles. The highest BCUT2D eigenvalue weighted by Gasteiger charge is 2.14. The SMILES string of the molecule is O=C(CCC(=O)c1ccc2c(c1)CCC2)NCCc1ccccc1. The molecular formula is C21H23NO2. The normalized spacial score (nSPS) is 12.7. The molecule has 124 valence electrons. The number of benzene rings is 2. The molecule has 3 heteroatoms. The van der Waals surface area contributed by atoms with Crippen molar-refractivity contribution in [3.63, 3.8) is 0 Å². The molecule has 2 aromatic rings. The number of nitrogens with one attached hydrogen (secondary N) is 1. The van der Waals surface area contributed by atoms with E-state index in [2.05, 4.69) is 11.4 Å². The highest BCUT2D eigenvalue weighted by atomic mass is 16.2. The van der Waals surface area contributed by atoms with Gasteiger partial charge < -0.3 is 5.32 Å². The third kappa shape index (κ3) is 4.31. The first-order chi connectivity index (χ1) is 11.7. The van der Waals surface area contributed by atoms with E-state index in [0.29, 0.717) is 6.54 Å². The van der Waals surface area contributed by atoms with E-state index in [4.69, 9.17) is 0 Å². The monoisotopic (exact) mass is 321 g/mol. The second-order valence-corrected chi connectivity index (χ2v) is 6.35. The van der Waals surface area contributed by atoms with Crippen molar-refractivity contribution in [1.82, 2.24) is 5.32 Å². The molecule has 0 spiro atoms. The van der Waals surface area contributed by atoms with Gasteiger partial charge in [-0.2, -0.15) is 0 Å². The first-order valence-corrected chi connectivity index (χ1v) is 8.68. The number of hydrogen-bond donors (Lipinski definition) is 1. The average molecular weight is 321 g/mol. The van der Waals surface area contributed by atoms with E-state index in [1.54, 1.807) is 0 Å². The van der Waals surface area contributed by atoms with Crippen LogP contribution in [0.25, 0.3) is 0 Å². The van der Waals surface area contributed by atoms with Gasteiger partial charge in [0.15, 0.2) is 5.78 Å². The van der Waals surface area contributed by atoms with Crippen LogP contribution in [-0.2, 0) is 24.1 Å². The Balaban J connectivity index is 1.41. The van der Waals surface area contributed by atoms with E-state index in [1.807, 2.05) is 42.5 Å². The minimum atomic E-state index is -0.0551. The zero-order chi connectivity index (χ0) is 16.8. The molecule has 0 bridgehead atoms. The summed E-state index contributed by atoms with van der Waals surface area (Å²) >= 11 is 0. The Morgan fingerprint density at radius 2 is 1.71 bits per heavy atom. The number of carbonyl (C=O) groups excluding carboxylic acids is 2. The number of fused-ring (bicyclic) bond motifs is 1. The summed E-state index contributed by atoms with van der Waals surface area (Å²) in [6, 6.07) is 16.0. The van der Waals surface area contributed by atoms with Crippen LogP contribution in [0.3, 0.4) is 0 Å². The molecule has 3 rings (SSSR count).